The van der Waals surface area contributed by atoms with Crippen LogP contribution in [0.2, 0.25) is 0 Å². The molecule has 152 valence electrons. The maximum absolute atomic E-state index is 13.0. The molecule has 0 bridgehead atoms. The molecule has 3 rings (SSSR count). The fraction of sp³-hybridized carbons (Fsp3) is 0.778. The second-order valence-corrected chi connectivity index (χ2v) is 8.20. The summed E-state index contributed by atoms with van der Waals surface area (Å²) < 4.78 is 10.1. The van der Waals surface area contributed by atoms with Crippen molar-refractivity contribution < 1.29 is 39.0 Å². The molecule has 3 aliphatic rings. The third kappa shape index (κ3) is 2.98. The number of quaternary nitrogens is 1. The van der Waals surface area contributed by atoms with Gasteiger partial charge < -0.3 is 34.6 Å². The summed E-state index contributed by atoms with van der Waals surface area (Å²) in [6, 6.07) is -0.721. The molecule has 27 heavy (non-hydrogen) atoms. The van der Waals surface area contributed by atoms with Gasteiger partial charge in [0.05, 0.1) is 19.7 Å². The van der Waals surface area contributed by atoms with Gasteiger partial charge in [-0.25, -0.2) is 9.59 Å². The number of esters is 2. The number of carbonyl (C=O) groups is 2. The Balaban J connectivity index is 2.02. The highest BCUT2D eigenvalue weighted by Crippen LogP contribution is 2.40. The molecule has 0 aromatic carbocycles. The Hall–Kier alpha value is -1.52. The van der Waals surface area contributed by atoms with E-state index in [0.29, 0.717) is 12.0 Å². The van der Waals surface area contributed by atoms with Crippen LogP contribution in [0.4, 0.5) is 0 Å². The van der Waals surface area contributed by atoms with E-state index in [-0.39, 0.29) is 19.7 Å². The number of aliphatic hydroxyl groups is 3. The number of ether oxygens (including phenoxy) is 2. The molecule has 0 amide bonds. The predicted molar refractivity (Wildman–Crippen MR) is 91.7 cm³/mol. The molecule has 7 unspecified atom stereocenters. The van der Waals surface area contributed by atoms with Gasteiger partial charge in [-0.3, -0.25) is 0 Å². The van der Waals surface area contributed by atoms with E-state index >= 15 is 0 Å². The first-order valence-electron chi connectivity index (χ1n) is 9.18. The Kier molecular flexibility index (Phi) is 4.89. The van der Waals surface area contributed by atoms with Crippen LogP contribution in [-0.2, 0) is 19.1 Å². The van der Waals surface area contributed by atoms with Crippen LogP contribution in [0.5, 0.6) is 0 Å². The maximum atomic E-state index is 13.0. The smallest absolute Gasteiger partial charge is 0.341 e. The minimum atomic E-state index is -2.33. The number of hydrogen-bond acceptors (Lipinski definition) is 8. The Bertz CT molecular complexity index is 676. The van der Waals surface area contributed by atoms with Crippen LogP contribution in [0.1, 0.15) is 27.2 Å². The Morgan fingerprint density at radius 2 is 1.93 bits per heavy atom. The zero-order valence-corrected chi connectivity index (χ0v) is 15.8. The molecule has 7 atom stereocenters. The molecule has 0 aliphatic carbocycles. The minimum absolute atomic E-state index is 0.165. The van der Waals surface area contributed by atoms with E-state index in [1.54, 1.807) is 6.08 Å². The van der Waals surface area contributed by atoms with Gasteiger partial charge >= 0.3 is 11.9 Å². The second-order valence-electron chi connectivity index (χ2n) is 8.20. The zero-order chi connectivity index (χ0) is 20.2. The van der Waals surface area contributed by atoms with Crippen molar-refractivity contribution in [1.82, 2.24) is 0 Å². The highest BCUT2D eigenvalue weighted by atomic mass is 16.6. The van der Waals surface area contributed by atoms with Crippen molar-refractivity contribution in [1.29, 1.82) is 0 Å². The molecular formula is C18H27NO8. The lowest BCUT2D eigenvalue weighted by Gasteiger charge is -2.42. The van der Waals surface area contributed by atoms with Gasteiger partial charge in [0.1, 0.15) is 6.61 Å². The number of hydroxylamine groups is 3. The quantitative estimate of drug-likeness (QED) is 0.232. The van der Waals surface area contributed by atoms with Crippen LogP contribution in [-0.4, -0.2) is 81.6 Å². The van der Waals surface area contributed by atoms with Crippen molar-refractivity contribution in [3.05, 3.63) is 16.9 Å². The van der Waals surface area contributed by atoms with Gasteiger partial charge in [-0.2, -0.15) is 0 Å². The van der Waals surface area contributed by atoms with Crippen molar-refractivity contribution in [3.8, 4) is 0 Å². The molecular weight excluding hydrogens is 358 g/mol. The second kappa shape index (κ2) is 6.52. The summed E-state index contributed by atoms with van der Waals surface area (Å²) in [5.41, 5.74) is -3.80. The average Bonchev–Trinajstić information content (AvgIpc) is 3.12. The van der Waals surface area contributed by atoms with E-state index in [1.165, 1.54) is 20.8 Å². The lowest BCUT2D eigenvalue weighted by molar-refractivity contribution is -0.877. The summed E-state index contributed by atoms with van der Waals surface area (Å²) in [4.78, 5) is 25.2. The molecule has 0 radical (unpaired) electrons. The van der Waals surface area contributed by atoms with Crippen molar-refractivity contribution in [2.24, 2.45) is 11.8 Å². The summed E-state index contributed by atoms with van der Waals surface area (Å²) in [6.45, 7) is 3.47. The largest absolute Gasteiger partial charge is 0.632 e. The van der Waals surface area contributed by atoms with Crippen molar-refractivity contribution in [2.45, 2.75) is 50.5 Å². The number of cyclic esters (lactones) is 1. The number of nitrogens with zero attached hydrogens (tertiary/aromatic N) is 1. The summed E-state index contributed by atoms with van der Waals surface area (Å²) in [5, 5.41) is 44.2. The van der Waals surface area contributed by atoms with Gasteiger partial charge in [0.2, 0.25) is 0 Å². The number of aliphatic hydroxyl groups excluding tert-OH is 1. The first-order valence-corrected chi connectivity index (χ1v) is 9.18. The molecule has 0 spiro atoms. The topological polar surface area (TPSA) is 136 Å². The molecule has 3 aliphatic heterocycles. The van der Waals surface area contributed by atoms with E-state index < -0.39 is 58.4 Å². The Labute approximate surface area is 157 Å². The summed E-state index contributed by atoms with van der Waals surface area (Å²) in [5.74, 6) is -3.93. The van der Waals surface area contributed by atoms with E-state index in [1.807, 2.05) is 0 Å². The molecule has 2 saturated heterocycles. The summed E-state index contributed by atoms with van der Waals surface area (Å²) in [6.07, 6.45) is 1.22. The third-order valence-corrected chi connectivity index (χ3v) is 6.72. The van der Waals surface area contributed by atoms with Gasteiger partial charge in [-0.1, -0.05) is 13.8 Å². The lowest BCUT2D eigenvalue weighted by atomic mass is 9.73. The predicted octanol–water partition coefficient (Wildman–Crippen LogP) is -0.771. The molecule has 9 nitrogen and oxygen atoms in total. The van der Waals surface area contributed by atoms with Gasteiger partial charge in [0.15, 0.2) is 23.3 Å². The fourth-order valence-corrected chi connectivity index (χ4v) is 4.37. The zero-order valence-electron chi connectivity index (χ0n) is 15.8. The van der Waals surface area contributed by atoms with Gasteiger partial charge in [0, 0.05) is 23.8 Å². The van der Waals surface area contributed by atoms with Gasteiger partial charge in [-0.05, 0) is 13.0 Å². The number of carbonyl (C=O) groups excluding carboxylic acids is 2. The highest BCUT2D eigenvalue weighted by molar-refractivity contribution is 5.82. The normalized spacial score (nSPS) is 48.0. The molecule has 2 fully saturated rings. The molecule has 3 N–H and O–H groups in total. The van der Waals surface area contributed by atoms with Gasteiger partial charge in [-0.15, -0.1) is 0 Å². The van der Waals surface area contributed by atoms with Crippen LogP contribution in [0, 0.1) is 17.0 Å². The Morgan fingerprint density at radius 3 is 2.56 bits per heavy atom. The van der Waals surface area contributed by atoms with Crippen molar-refractivity contribution >= 4 is 11.9 Å². The van der Waals surface area contributed by atoms with E-state index in [2.05, 4.69) is 0 Å². The van der Waals surface area contributed by atoms with Crippen LogP contribution in [0.3, 0.4) is 0 Å². The van der Waals surface area contributed by atoms with E-state index in [0.717, 1.165) is 0 Å². The van der Waals surface area contributed by atoms with Crippen LogP contribution >= 0.6 is 0 Å². The third-order valence-electron chi connectivity index (χ3n) is 6.72. The first-order chi connectivity index (χ1) is 12.5. The maximum Gasteiger partial charge on any atom is 0.341 e. The van der Waals surface area contributed by atoms with Crippen LogP contribution in [0.25, 0.3) is 0 Å². The van der Waals surface area contributed by atoms with Crippen LogP contribution in [0.15, 0.2) is 11.6 Å². The fourth-order valence-electron chi connectivity index (χ4n) is 4.37. The lowest BCUT2D eigenvalue weighted by Crippen LogP contribution is -2.58. The van der Waals surface area contributed by atoms with Crippen LogP contribution < -0.4 is 0 Å². The molecule has 3 heterocycles. The SMILES string of the molecule is CC1C(C)C(O)(CO)C(=O)OC2CC[N+]3([O-])CC=C(COC(=O)C1(C)O)C23. The van der Waals surface area contributed by atoms with E-state index in [4.69, 9.17) is 9.47 Å². The first kappa shape index (κ1) is 20.2. The average molecular weight is 385 g/mol. The Morgan fingerprint density at radius 1 is 1.26 bits per heavy atom. The van der Waals surface area contributed by atoms with E-state index in [9.17, 15) is 30.1 Å². The summed E-state index contributed by atoms with van der Waals surface area (Å²) >= 11 is 0. The van der Waals surface area contributed by atoms with Gasteiger partial charge in [0.25, 0.3) is 0 Å². The summed E-state index contributed by atoms with van der Waals surface area (Å²) in [7, 11) is 0. The molecule has 0 aromatic rings. The highest BCUT2D eigenvalue weighted by Gasteiger charge is 2.56. The minimum Gasteiger partial charge on any atom is -0.632 e. The van der Waals surface area contributed by atoms with Crippen molar-refractivity contribution in [2.75, 3.05) is 26.3 Å². The number of rotatable bonds is 1. The monoisotopic (exact) mass is 385 g/mol. The molecule has 0 aromatic heterocycles. The standard InChI is InChI=1S/C18H27NO8/c1-10-11(2)18(24,9-20)16(22)27-13-5-7-19(25)6-4-12(14(13)19)8-26-15(21)17(10,3)23/h4,10-11,13-14,20,23-24H,5-9H2,1-3H3. The van der Waals surface area contributed by atoms with Crippen molar-refractivity contribution in [3.63, 3.8) is 0 Å². The number of hydrogen-bond donors (Lipinski definition) is 3. The molecule has 0 saturated carbocycles. The molecule has 9 heteroatoms.